The van der Waals surface area contributed by atoms with Gasteiger partial charge >= 0.3 is 0 Å². The number of rotatable bonds is 3. The fraction of sp³-hybridized carbons (Fsp3) is 0.154. The van der Waals surface area contributed by atoms with Crippen molar-refractivity contribution < 1.29 is 4.79 Å². The third kappa shape index (κ3) is 3.11. The first-order valence-electron chi connectivity index (χ1n) is 5.36. The molecule has 1 amide bonds. The van der Waals surface area contributed by atoms with Crippen LogP contribution in [-0.2, 0) is 6.54 Å². The summed E-state index contributed by atoms with van der Waals surface area (Å²) in [4.78, 5) is 19.8. The monoisotopic (exact) mass is 227 g/mol. The minimum absolute atomic E-state index is 0.0955. The van der Waals surface area contributed by atoms with Gasteiger partial charge in [0.25, 0.3) is 5.91 Å². The van der Waals surface area contributed by atoms with Crippen LogP contribution in [-0.4, -0.2) is 15.9 Å². The molecule has 4 heteroatoms. The van der Waals surface area contributed by atoms with Crippen molar-refractivity contribution in [2.75, 3.05) is 0 Å². The highest BCUT2D eigenvalue weighted by molar-refractivity contribution is 5.93. The first-order valence-corrected chi connectivity index (χ1v) is 5.36. The molecule has 0 unspecified atom stereocenters. The van der Waals surface area contributed by atoms with E-state index in [4.69, 9.17) is 0 Å². The van der Waals surface area contributed by atoms with Crippen molar-refractivity contribution in [3.05, 3.63) is 59.7 Å². The normalized spacial score (nSPS) is 9.94. The average molecular weight is 227 g/mol. The van der Waals surface area contributed by atoms with Gasteiger partial charge in [-0.3, -0.25) is 4.79 Å². The molecule has 1 N–H and O–H groups in total. The topological polar surface area (TPSA) is 54.9 Å². The Balaban J connectivity index is 1.97. The summed E-state index contributed by atoms with van der Waals surface area (Å²) in [6, 6.07) is 11.0. The molecule has 0 aliphatic rings. The van der Waals surface area contributed by atoms with Gasteiger partial charge in [0.1, 0.15) is 6.33 Å². The maximum Gasteiger partial charge on any atom is 0.251 e. The van der Waals surface area contributed by atoms with E-state index >= 15 is 0 Å². The summed E-state index contributed by atoms with van der Waals surface area (Å²) < 4.78 is 0. The SMILES string of the molecule is Cc1cc(CNC(=O)c2ccccc2)ncn1. The van der Waals surface area contributed by atoms with Gasteiger partial charge in [0.2, 0.25) is 0 Å². The van der Waals surface area contributed by atoms with Crippen LogP contribution in [0.25, 0.3) is 0 Å². The van der Waals surface area contributed by atoms with Crippen molar-refractivity contribution in [2.24, 2.45) is 0 Å². The molecule has 0 bridgehead atoms. The third-order valence-electron chi connectivity index (χ3n) is 2.33. The molecule has 0 saturated heterocycles. The molecule has 0 radical (unpaired) electrons. The standard InChI is InChI=1S/C13H13N3O/c1-10-7-12(16-9-15-10)8-14-13(17)11-5-3-2-4-6-11/h2-7,9H,8H2,1H3,(H,14,17). The Morgan fingerprint density at radius 2 is 2.00 bits per heavy atom. The number of hydrogen-bond donors (Lipinski definition) is 1. The molecule has 0 fully saturated rings. The Kier molecular flexibility index (Phi) is 3.45. The second-order valence-electron chi connectivity index (χ2n) is 3.70. The number of aromatic nitrogens is 2. The highest BCUT2D eigenvalue weighted by atomic mass is 16.1. The van der Waals surface area contributed by atoms with Gasteiger partial charge in [-0.1, -0.05) is 18.2 Å². The maximum absolute atomic E-state index is 11.7. The lowest BCUT2D eigenvalue weighted by molar-refractivity contribution is 0.0950. The number of nitrogens with zero attached hydrogens (tertiary/aromatic N) is 2. The number of carbonyl (C=O) groups is 1. The number of aryl methyl sites for hydroxylation is 1. The van der Waals surface area contributed by atoms with Crippen LogP contribution in [0.5, 0.6) is 0 Å². The van der Waals surface area contributed by atoms with E-state index in [0.717, 1.165) is 11.4 Å². The molecule has 0 spiro atoms. The number of carbonyl (C=O) groups excluding carboxylic acids is 1. The predicted molar refractivity (Wildman–Crippen MR) is 64.4 cm³/mol. The van der Waals surface area contributed by atoms with Crippen molar-refractivity contribution in [2.45, 2.75) is 13.5 Å². The lowest BCUT2D eigenvalue weighted by Crippen LogP contribution is -2.23. The Bertz CT molecular complexity index is 511. The molecule has 0 aliphatic heterocycles. The van der Waals surface area contributed by atoms with Crippen LogP contribution in [0.1, 0.15) is 21.7 Å². The van der Waals surface area contributed by atoms with Gasteiger partial charge in [0.05, 0.1) is 12.2 Å². The summed E-state index contributed by atoms with van der Waals surface area (Å²) in [5.41, 5.74) is 2.35. The second kappa shape index (κ2) is 5.21. The first-order chi connectivity index (χ1) is 8.25. The Hall–Kier alpha value is -2.23. The molecule has 2 rings (SSSR count). The Morgan fingerprint density at radius 3 is 2.71 bits per heavy atom. The van der Waals surface area contributed by atoms with Gasteiger partial charge in [0.15, 0.2) is 0 Å². The Morgan fingerprint density at radius 1 is 1.24 bits per heavy atom. The van der Waals surface area contributed by atoms with Crippen LogP contribution >= 0.6 is 0 Å². The van der Waals surface area contributed by atoms with Crippen LogP contribution in [0.2, 0.25) is 0 Å². The largest absolute Gasteiger partial charge is 0.346 e. The van der Waals surface area contributed by atoms with Gasteiger partial charge in [-0.15, -0.1) is 0 Å². The molecule has 17 heavy (non-hydrogen) atoms. The summed E-state index contributed by atoms with van der Waals surface area (Å²) in [5.74, 6) is -0.0955. The molecule has 0 atom stereocenters. The lowest BCUT2D eigenvalue weighted by atomic mass is 10.2. The molecule has 1 aromatic carbocycles. The molecule has 1 heterocycles. The molecule has 4 nitrogen and oxygen atoms in total. The fourth-order valence-electron chi connectivity index (χ4n) is 1.47. The Labute approximate surface area is 99.7 Å². The molecule has 1 aromatic heterocycles. The van der Waals surface area contributed by atoms with Gasteiger partial charge in [0, 0.05) is 11.3 Å². The summed E-state index contributed by atoms with van der Waals surface area (Å²) >= 11 is 0. The van der Waals surface area contributed by atoms with Crippen molar-refractivity contribution in [3.63, 3.8) is 0 Å². The number of hydrogen-bond acceptors (Lipinski definition) is 3. The zero-order valence-corrected chi connectivity index (χ0v) is 9.55. The van der Waals surface area contributed by atoms with E-state index in [9.17, 15) is 4.79 Å². The van der Waals surface area contributed by atoms with Gasteiger partial charge < -0.3 is 5.32 Å². The van der Waals surface area contributed by atoms with E-state index < -0.39 is 0 Å². The number of nitrogens with one attached hydrogen (secondary N) is 1. The number of amides is 1. The van der Waals surface area contributed by atoms with Crippen LogP contribution < -0.4 is 5.32 Å². The van der Waals surface area contributed by atoms with Crippen LogP contribution in [0.4, 0.5) is 0 Å². The summed E-state index contributed by atoms with van der Waals surface area (Å²) in [6.45, 7) is 2.31. The minimum Gasteiger partial charge on any atom is -0.346 e. The van der Waals surface area contributed by atoms with E-state index in [-0.39, 0.29) is 5.91 Å². The van der Waals surface area contributed by atoms with Gasteiger partial charge in [-0.05, 0) is 25.1 Å². The van der Waals surface area contributed by atoms with Crippen LogP contribution in [0.15, 0.2) is 42.7 Å². The summed E-state index contributed by atoms with van der Waals surface area (Å²) in [7, 11) is 0. The van der Waals surface area contributed by atoms with E-state index in [1.165, 1.54) is 6.33 Å². The predicted octanol–water partition coefficient (Wildman–Crippen LogP) is 1.72. The van der Waals surface area contributed by atoms with Crippen molar-refractivity contribution in [3.8, 4) is 0 Å². The molecule has 86 valence electrons. The lowest BCUT2D eigenvalue weighted by Gasteiger charge is -2.04. The summed E-state index contributed by atoms with van der Waals surface area (Å²) in [5, 5.41) is 2.81. The van der Waals surface area contributed by atoms with Gasteiger partial charge in [-0.2, -0.15) is 0 Å². The van der Waals surface area contributed by atoms with Crippen molar-refractivity contribution >= 4 is 5.91 Å². The van der Waals surface area contributed by atoms with Crippen LogP contribution in [0.3, 0.4) is 0 Å². The van der Waals surface area contributed by atoms with E-state index in [1.54, 1.807) is 12.1 Å². The zero-order valence-electron chi connectivity index (χ0n) is 9.55. The van der Waals surface area contributed by atoms with E-state index in [0.29, 0.717) is 12.1 Å². The van der Waals surface area contributed by atoms with Gasteiger partial charge in [-0.25, -0.2) is 9.97 Å². The minimum atomic E-state index is -0.0955. The molecule has 0 saturated carbocycles. The fourth-order valence-corrected chi connectivity index (χ4v) is 1.47. The smallest absolute Gasteiger partial charge is 0.251 e. The number of benzene rings is 1. The average Bonchev–Trinajstić information content (AvgIpc) is 2.37. The zero-order chi connectivity index (χ0) is 12.1. The summed E-state index contributed by atoms with van der Waals surface area (Å²) in [6.07, 6.45) is 1.50. The van der Waals surface area contributed by atoms with E-state index in [2.05, 4.69) is 15.3 Å². The second-order valence-corrected chi connectivity index (χ2v) is 3.70. The quantitative estimate of drug-likeness (QED) is 0.868. The highest BCUT2D eigenvalue weighted by Gasteiger charge is 2.04. The highest BCUT2D eigenvalue weighted by Crippen LogP contribution is 2.00. The maximum atomic E-state index is 11.7. The first kappa shape index (κ1) is 11.3. The van der Waals surface area contributed by atoms with E-state index in [1.807, 2.05) is 31.2 Å². The van der Waals surface area contributed by atoms with Crippen molar-refractivity contribution in [1.82, 2.24) is 15.3 Å². The third-order valence-corrected chi connectivity index (χ3v) is 2.33. The van der Waals surface area contributed by atoms with Crippen molar-refractivity contribution in [1.29, 1.82) is 0 Å². The molecule has 2 aromatic rings. The molecular weight excluding hydrogens is 214 g/mol. The molecular formula is C13H13N3O. The van der Waals surface area contributed by atoms with Crippen LogP contribution in [0, 0.1) is 6.92 Å². The molecule has 0 aliphatic carbocycles.